The minimum atomic E-state index is -1.18. The number of aromatic carboxylic acids is 6. The summed E-state index contributed by atoms with van der Waals surface area (Å²) in [5.74, 6) is -9.75. The molecule has 6 aromatic rings. The van der Waals surface area contributed by atoms with Crippen LogP contribution >= 0.6 is 0 Å². The van der Waals surface area contributed by atoms with E-state index in [4.69, 9.17) is 30.6 Å². The molecule has 0 spiro atoms. The number of rotatable bonds is 6. The van der Waals surface area contributed by atoms with E-state index in [0.717, 1.165) is 0 Å². The first-order chi connectivity index (χ1) is 28.3. The summed E-state index contributed by atoms with van der Waals surface area (Å²) >= 11 is 0. The molecule has 6 rings (SSSR count). The molecule has 0 radical (unpaired) electrons. The van der Waals surface area contributed by atoms with Gasteiger partial charge in [-0.15, -0.1) is 0 Å². The van der Waals surface area contributed by atoms with Gasteiger partial charge in [-0.25, -0.2) is 28.8 Å². The van der Waals surface area contributed by atoms with Gasteiger partial charge in [-0.3, -0.25) is 0 Å². The van der Waals surface area contributed by atoms with Gasteiger partial charge in [-0.1, -0.05) is 144 Å². The van der Waals surface area contributed by atoms with Crippen molar-refractivity contribution in [1.29, 1.82) is 0 Å². The second-order valence-electron chi connectivity index (χ2n) is 10.8. The standard InChI is InChI=1S/6C7H6O3.U/c6*8-6-4-2-1-3-5(6)7(9)10;/h6*1-4,8H,(H,9,10);/p-6. The average Bonchev–Trinajstić information content (AvgIpc) is 3.19. The third-order valence-electron chi connectivity index (χ3n) is 6.70. The van der Waals surface area contributed by atoms with Crippen LogP contribution in [0.5, 0.6) is 34.5 Å². The molecule has 0 saturated heterocycles. The fraction of sp³-hybridized carbons (Fsp3) is 0. The first-order valence-electron chi connectivity index (χ1n) is 16.3. The average molecular weight is 1060 g/mol. The molecule has 0 aliphatic rings. The van der Waals surface area contributed by atoms with E-state index in [1.807, 2.05) is 0 Å². The zero-order valence-electron chi connectivity index (χ0n) is 30.9. The van der Waals surface area contributed by atoms with E-state index < -0.39 is 70.3 Å². The van der Waals surface area contributed by atoms with E-state index in [9.17, 15) is 59.4 Å². The van der Waals surface area contributed by atoms with E-state index in [1.165, 1.54) is 146 Å². The normalized spacial score (nSPS) is 9.05. The molecule has 0 bridgehead atoms. The topological polar surface area (TPSA) is 362 Å². The van der Waals surface area contributed by atoms with Crippen LogP contribution in [0.4, 0.5) is 0 Å². The maximum atomic E-state index is 10.7. The van der Waals surface area contributed by atoms with Gasteiger partial charge in [0.2, 0.25) is 0 Å². The monoisotopic (exact) mass is 1060 g/mol. The second kappa shape index (κ2) is 27.6. The predicted octanol–water partition coefficient (Wildman–Crippen LogP) is 2.75. The zero-order chi connectivity index (χ0) is 45.4. The number of carboxylic acids is 6. The Bertz CT molecular complexity index is 1970. The van der Waals surface area contributed by atoms with E-state index in [0.29, 0.717) is 0 Å². The molecule has 19 heteroatoms. The van der Waals surface area contributed by atoms with Crippen molar-refractivity contribution in [1.82, 2.24) is 0 Å². The Hall–Kier alpha value is -8.01. The number of hydrogen-bond donors (Lipinski definition) is 6. The van der Waals surface area contributed by atoms with Crippen LogP contribution in [-0.4, -0.2) is 66.5 Å². The Kier molecular flexibility index (Phi) is 24.0. The molecule has 316 valence electrons. The molecular formula is C42H30O18U-6. The third kappa shape index (κ3) is 19.3. The van der Waals surface area contributed by atoms with Crippen molar-refractivity contribution in [3.8, 4) is 34.5 Å². The van der Waals surface area contributed by atoms with Crippen molar-refractivity contribution in [2.75, 3.05) is 0 Å². The van der Waals surface area contributed by atoms with Gasteiger partial charge in [-0.2, -0.15) is 0 Å². The number of carboxylic acid groups (broad SMARTS) is 6. The van der Waals surface area contributed by atoms with Crippen LogP contribution in [0, 0.1) is 31.1 Å². The summed E-state index contributed by atoms with van der Waals surface area (Å²) in [6.45, 7) is 0. The molecule has 0 saturated carbocycles. The largest absolute Gasteiger partial charge is 0.872 e. The van der Waals surface area contributed by atoms with E-state index >= 15 is 0 Å². The summed E-state index contributed by atoms with van der Waals surface area (Å²) in [5, 5.41) is 114. The van der Waals surface area contributed by atoms with Crippen LogP contribution < -0.4 is 30.6 Å². The quantitative estimate of drug-likeness (QED) is 0.140. The van der Waals surface area contributed by atoms with E-state index in [-0.39, 0.29) is 64.5 Å². The van der Waals surface area contributed by atoms with Crippen molar-refractivity contribution in [2.45, 2.75) is 0 Å². The Morgan fingerprint density at radius 3 is 0.410 bits per heavy atom. The van der Waals surface area contributed by atoms with Crippen LogP contribution in [0.15, 0.2) is 146 Å². The fourth-order valence-electron chi connectivity index (χ4n) is 3.86. The summed E-state index contributed by atoms with van der Waals surface area (Å²) in [4.78, 5) is 61.3. The van der Waals surface area contributed by atoms with Gasteiger partial charge in [0.15, 0.2) is 0 Å². The van der Waals surface area contributed by atoms with Gasteiger partial charge in [0.1, 0.15) is 0 Å². The molecule has 0 heterocycles. The van der Waals surface area contributed by atoms with Crippen LogP contribution in [-0.2, 0) is 0 Å². The molecule has 0 amide bonds. The van der Waals surface area contributed by atoms with Crippen molar-refractivity contribution in [2.24, 2.45) is 0 Å². The minimum absolute atomic E-state index is 0. The molecule has 61 heavy (non-hydrogen) atoms. The molecule has 0 unspecified atom stereocenters. The van der Waals surface area contributed by atoms with E-state index in [1.54, 1.807) is 0 Å². The van der Waals surface area contributed by atoms with Crippen molar-refractivity contribution >= 4 is 35.8 Å². The van der Waals surface area contributed by atoms with Crippen LogP contribution in [0.2, 0.25) is 0 Å². The van der Waals surface area contributed by atoms with Gasteiger partial charge in [-0.05, 0) is 36.4 Å². The summed E-state index contributed by atoms with van der Waals surface area (Å²) in [7, 11) is 0. The van der Waals surface area contributed by atoms with Gasteiger partial charge >= 0.3 is 35.8 Å². The number of benzene rings is 6. The molecule has 0 aliphatic carbocycles. The number of carbonyl (C=O) groups is 6. The smallest absolute Gasteiger partial charge is 0.335 e. The SMILES string of the molecule is O=C(O)c1ccccc1[O-].O=C(O)c1ccccc1[O-].O=C(O)c1ccccc1[O-].O=C(O)c1ccccc1[O-].O=C(O)c1ccccc1[O-].O=C(O)c1ccccc1[O-].[U]. The maximum absolute atomic E-state index is 10.7. The molecule has 6 N–H and O–H groups in total. The van der Waals surface area contributed by atoms with Gasteiger partial charge in [0, 0.05) is 31.1 Å². The number of hydrogen-bond acceptors (Lipinski definition) is 12. The van der Waals surface area contributed by atoms with Gasteiger partial charge in [0.05, 0.1) is 33.4 Å². The summed E-state index contributed by atoms with van der Waals surface area (Å²) < 4.78 is 0. The van der Waals surface area contributed by atoms with Gasteiger partial charge < -0.3 is 61.3 Å². The number of para-hydroxylation sites is 6. The van der Waals surface area contributed by atoms with Crippen LogP contribution in [0.1, 0.15) is 62.1 Å². The Labute approximate surface area is 368 Å². The fourth-order valence-corrected chi connectivity index (χ4v) is 3.86. The van der Waals surface area contributed by atoms with Crippen LogP contribution in [0.3, 0.4) is 0 Å². The Morgan fingerprint density at radius 1 is 0.246 bits per heavy atom. The molecule has 18 nitrogen and oxygen atoms in total. The van der Waals surface area contributed by atoms with Crippen LogP contribution in [0.25, 0.3) is 0 Å². The molecule has 0 aliphatic heterocycles. The van der Waals surface area contributed by atoms with E-state index in [2.05, 4.69) is 0 Å². The van der Waals surface area contributed by atoms with Crippen molar-refractivity contribution in [3.63, 3.8) is 0 Å². The molecule has 0 fully saturated rings. The molecule has 0 atom stereocenters. The summed E-state index contributed by atoms with van der Waals surface area (Å²) in [5.41, 5.74) is -1.07. The maximum Gasteiger partial charge on any atom is 0.335 e. The first-order valence-corrected chi connectivity index (χ1v) is 16.3. The predicted molar refractivity (Wildman–Crippen MR) is 197 cm³/mol. The Morgan fingerprint density at radius 2 is 0.344 bits per heavy atom. The molecule has 6 aromatic carbocycles. The summed E-state index contributed by atoms with van der Waals surface area (Å²) in [6, 6.07) is 33.2. The minimum Gasteiger partial charge on any atom is -0.872 e. The van der Waals surface area contributed by atoms with Crippen molar-refractivity contribution < 1.29 is 121 Å². The second-order valence-corrected chi connectivity index (χ2v) is 10.8. The Balaban J connectivity index is 0.000000706. The summed E-state index contributed by atoms with van der Waals surface area (Å²) in [6.07, 6.45) is 0. The molecular weight excluding hydrogens is 1030 g/mol. The van der Waals surface area contributed by atoms with Crippen molar-refractivity contribution in [3.05, 3.63) is 179 Å². The molecule has 0 aromatic heterocycles. The first kappa shape index (κ1) is 53.0. The van der Waals surface area contributed by atoms with Gasteiger partial charge in [0.25, 0.3) is 0 Å². The zero-order valence-corrected chi connectivity index (χ0v) is 35.1. The third-order valence-corrected chi connectivity index (χ3v) is 6.70.